The van der Waals surface area contributed by atoms with Crippen LogP contribution in [-0.4, -0.2) is 56.2 Å². The van der Waals surface area contributed by atoms with Crippen LogP contribution in [0.5, 0.6) is 5.88 Å². The van der Waals surface area contributed by atoms with Gasteiger partial charge in [-0.05, 0) is 37.5 Å². The Morgan fingerprint density at radius 1 is 1.25 bits per heavy atom. The highest BCUT2D eigenvalue weighted by Crippen LogP contribution is 2.18. The molecule has 9 nitrogen and oxygen atoms in total. The number of hydrogen-bond donors (Lipinski definition) is 2. The SMILES string of the molecule is CCOc1cc(NC2CCN(C(=O)NCc3ccc(-n4ccnc4)c(F)c3)CC2)ncn1. The molecule has 0 saturated carbocycles. The number of anilines is 1. The molecule has 2 amide bonds. The van der Waals surface area contributed by atoms with Crippen LogP contribution in [0.4, 0.5) is 15.0 Å². The maximum Gasteiger partial charge on any atom is 0.317 e. The predicted octanol–water partition coefficient (Wildman–Crippen LogP) is 2.99. The molecule has 3 aromatic rings. The van der Waals surface area contributed by atoms with Gasteiger partial charge < -0.3 is 24.8 Å². The molecular formula is C22H26FN7O2. The second-order valence-corrected chi connectivity index (χ2v) is 7.49. The van der Waals surface area contributed by atoms with Crippen molar-refractivity contribution < 1.29 is 13.9 Å². The zero-order valence-corrected chi connectivity index (χ0v) is 17.9. The number of urea groups is 1. The molecule has 0 spiro atoms. The van der Waals surface area contributed by atoms with Gasteiger partial charge in [-0.1, -0.05) is 6.07 Å². The number of hydrogen-bond acceptors (Lipinski definition) is 6. The number of ether oxygens (including phenoxy) is 1. The average molecular weight is 439 g/mol. The molecule has 1 aliphatic heterocycles. The number of nitrogens with one attached hydrogen (secondary N) is 2. The Labute approximate surface area is 185 Å². The summed E-state index contributed by atoms with van der Waals surface area (Å²) in [6, 6.07) is 6.76. The van der Waals surface area contributed by atoms with Crippen molar-refractivity contribution in [2.24, 2.45) is 0 Å². The van der Waals surface area contributed by atoms with Gasteiger partial charge in [0.15, 0.2) is 0 Å². The average Bonchev–Trinajstić information content (AvgIpc) is 3.33. The Morgan fingerprint density at radius 2 is 2.09 bits per heavy atom. The van der Waals surface area contributed by atoms with Crippen molar-refractivity contribution in [1.82, 2.24) is 29.7 Å². The van der Waals surface area contributed by atoms with E-state index in [2.05, 4.69) is 25.6 Å². The largest absolute Gasteiger partial charge is 0.478 e. The molecule has 4 rings (SSSR count). The highest BCUT2D eigenvalue weighted by Gasteiger charge is 2.23. The summed E-state index contributed by atoms with van der Waals surface area (Å²) in [5, 5.41) is 6.26. The standard InChI is InChI=1S/C22H26FN7O2/c1-2-32-21-12-20(26-14-27-21)28-17-5-8-29(9-6-17)22(31)25-13-16-3-4-19(18(23)11-16)30-10-7-24-15-30/h3-4,7,10-12,14-15,17H,2,5-6,8-9,13H2,1H3,(H,25,31)(H,26,27,28). The molecule has 10 heteroatoms. The van der Waals surface area contributed by atoms with E-state index in [1.165, 1.54) is 12.4 Å². The van der Waals surface area contributed by atoms with Crippen molar-refractivity contribution in [3.63, 3.8) is 0 Å². The van der Waals surface area contributed by atoms with Crippen LogP contribution < -0.4 is 15.4 Å². The Hall–Kier alpha value is -3.69. The number of imidazole rings is 1. The number of aromatic nitrogens is 4. The van der Waals surface area contributed by atoms with E-state index in [1.807, 2.05) is 6.92 Å². The Kier molecular flexibility index (Phi) is 6.78. The lowest BCUT2D eigenvalue weighted by Gasteiger charge is -2.32. The fourth-order valence-electron chi connectivity index (χ4n) is 3.64. The molecule has 0 bridgehead atoms. The number of carbonyl (C=O) groups excluding carboxylic acids is 1. The van der Waals surface area contributed by atoms with Gasteiger partial charge in [0.05, 0.1) is 18.6 Å². The van der Waals surface area contributed by atoms with E-state index in [9.17, 15) is 9.18 Å². The lowest BCUT2D eigenvalue weighted by Crippen LogP contribution is -2.46. The van der Waals surface area contributed by atoms with Gasteiger partial charge in [-0.25, -0.2) is 24.1 Å². The summed E-state index contributed by atoms with van der Waals surface area (Å²) >= 11 is 0. The quantitative estimate of drug-likeness (QED) is 0.588. The topological polar surface area (TPSA) is 97.2 Å². The zero-order valence-electron chi connectivity index (χ0n) is 17.9. The van der Waals surface area contributed by atoms with E-state index in [0.29, 0.717) is 42.6 Å². The smallest absolute Gasteiger partial charge is 0.317 e. The first-order chi connectivity index (χ1) is 15.6. The molecule has 0 radical (unpaired) electrons. The van der Waals surface area contributed by atoms with Crippen LogP contribution in [0.25, 0.3) is 5.69 Å². The summed E-state index contributed by atoms with van der Waals surface area (Å²) in [5.74, 6) is 0.891. The van der Waals surface area contributed by atoms with Gasteiger partial charge in [-0.2, -0.15) is 0 Å². The third kappa shape index (κ3) is 5.32. The first kappa shape index (κ1) is 21.5. The molecule has 168 valence electrons. The number of halogens is 1. The van der Waals surface area contributed by atoms with Crippen molar-refractivity contribution in [1.29, 1.82) is 0 Å². The van der Waals surface area contributed by atoms with Crippen LogP contribution in [0.15, 0.2) is 49.3 Å². The van der Waals surface area contributed by atoms with Gasteiger partial charge in [0, 0.05) is 44.1 Å². The van der Waals surface area contributed by atoms with Gasteiger partial charge in [-0.15, -0.1) is 0 Å². The van der Waals surface area contributed by atoms with Crippen LogP contribution >= 0.6 is 0 Å². The third-order valence-electron chi connectivity index (χ3n) is 5.31. The summed E-state index contributed by atoms with van der Waals surface area (Å²) in [7, 11) is 0. The van der Waals surface area contributed by atoms with Gasteiger partial charge in [0.25, 0.3) is 0 Å². The van der Waals surface area contributed by atoms with E-state index in [4.69, 9.17) is 4.74 Å². The van der Waals surface area contributed by atoms with Crippen molar-refractivity contribution in [3.05, 3.63) is 60.7 Å². The fourth-order valence-corrected chi connectivity index (χ4v) is 3.64. The molecule has 1 saturated heterocycles. The Balaban J connectivity index is 1.24. The predicted molar refractivity (Wildman–Crippen MR) is 117 cm³/mol. The number of nitrogens with zero attached hydrogens (tertiary/aromatic N) is 5. The van der Waals surface area contributed by atoms with E-state index >= 15 is 0 Å². The van der Waals surface area contributed by atoms with E-state index in [1.54, 1.807) is 46.4 Å². The van der Waals surface area contributed by atoms with Crippen molar-refractivity contribution in [3.8, 4) is 11.6 Å². The summed E-state index contributed by atoms with van der Waals surface area (Å²) in [6.07, 6.45) is 7.89. The number of amides is 2. The monoisotopic (exact) mass is 439 g/mol. The van der Waals surface area contributed by atoms with E-state index in [-0.39, 0.29) is 24.4 Å². The number of carbonyl (C=O) groups is 1. The molecule has 0 aliphatic carbocycles. The molecule has 3 heterocycles. The number of rotatable bonds is 7. The van der Waals surface area contributed by atoms with Crippen LogP contribution in [0.3, 0.4) is 0 Å². The fraction of sp³-hybridized carbons (Fsp3) is 0.364. The summed E-state index contributed by atoms with van der Waals surface area (Å²) in [4.78, 5) is 26.5. The van der Waals surface area contributed by atoms with E-state index < -0.39 is 0 Å². The molecule has 32 heavy (non-hydrogen) atoms. The minimum absolute atomic E-state index is 0.150. The Bertz CT molecular complexity index is 1040. The van der Waals surface area contributed by atoms with Crippen molar-refractivity contribution in [2.75, 3.05) is 25.0 Å². The maximum atomic E-state index is 14.4. The normalized spacial score (nSPS) is 14.2. The summed E-state index contributed by atoms with van der Waals surface area (Å²) in [5.41, 5.74) is 1.12. The first-order valence-electron chi connectivity index (χ1n) is 10.6. The molecule has 0 atom stereocenters. The second kappa shape index (κ2) is 10.1. The minimum Gasteiger partial charge on any atom is -0.478 e. The molecular weight excluding hydrogens is 413 g/mol. The minimum atomic E-state index is -0.362. The van der Waals surface area contributed by atoms with Crippen LogP contribution in [-0.2, 0) is 6.54 Å². The molecule has 0 unspecified atom stereocenters. The van der Waals surface area contributed by atoms with Crippen molar-refractivity contribution >= 4 is 11.8 Å². The lowest BCUT2D eigenvalue weighted by atomic mass is 10.1. The van der Waals surface area contributed by atoms with Crippen LogP contribution in [0, 0.1) is 5.82 Å². The highest BCUT2D eigenvalue weighted by atomic mass is 19.1. The summed E-state index contributed by atoms with van der Waals surface area (Å²) in [6.45, 7) is 3.97. The molecule has 2 N–H and O–H groups in total. The summed E-state index contributed by atoms with van der Waals surface area (Å²) < 4.78 is 21.4. The molecule has 1 fully saturated rings. The van der Waals surface area contributed by atoms with Crippen molar-refractivity contribution in [2.45, 2.75) is 32.4 Å². The number of benzene rings is 1. The maximum absolute atomic E-state index is 14.4. The van der Waals surface area contributed by atoms with Gasteiger partial charge >= 0.3 is 6.03 Å². The van der Waals surface area contributed by atoms with E-state index in [0.717, 1.165) is 12.8 Å². The number of piperidine rings is 1. The van der Waals surface area contributed by atoms with Crippen LogP contribution in [0.2, 0.25) is 0 Å². The van der Waals surface area contributed by atoms with Gasteiger partial charge in [0.2, 0.25) is 5.88 Å². The Morgan fingerprint density at radius 3 is 2.81 bits per heavy atom. The van der Waals surface area contributed by atoms with Crippen LogP contribution in [0.1, 0.15) is 25.3 Å². The highest BCUT2D eigenvalue weighted by molar-refractivity contribution is 5.74. The second-order valence-electron chi connectivity index (χ2n) is 7.49. The molecule has 2 aromatic heterocycles. The third-order valence-corrected chi connectivity index (χ3v) is 5.31. The zero-order chi connectivity index (χ0) is 22.3. The molecule has 1 aromatic carbocycles. The van der Waals surface area contributed by atoms with Gasteiger partial charge in [-0.3, -0.25) is 0 Å². The number of likely N-dealkylation sites (tertiary alicyclic amines) is 1. The van der Waals surface area contributed by atoms with Gasteiger partial charge in [0.1, 0.15) is 18.0 Å². The first-order valence-corrected chi connectivity index (χ1v) is 10.6. The lowest BCUT2D eigenvalue weighted by molar-refractivity contribution is 0.183. The molecule has 1 aliphatic rings.